The Labute approximate surface area is 98.5 Å². The molecule has 0 amide bonds. The molecule has 0 spiro atoms. The summed E-state index contributed by atoms with van der Waals surface area (Å²) in [6, 6.07) is 4.00. The Hall–Kier alpha value is -1.09. The molecule has 16 heavy (non-hydrogen) atoms. The van der Waals surface area contributed by atoms with Crippen LogP contribution in [-0.4, -0.2) is 17.1 Å². The zero-order chi connectivity index (χ0) is 12.2. The van der Waals surface area contributed by atoms with Gasteiger partial charge in [-0.15, -0.1) is 0 Å². The molecule has 0 aromatic carbocycles. The van der Waals surface area contributed by atoms with Gasteiger partial charge in [-0.05, 0) is 37.8 Å². The predicted molar refractivity (Wildman–Crippen MR) is 69.5 cm³/mol. The first-order valence-corrected chi connectivity index (χ1v) is 5.87. The molecule has 0 aliphatic carbocycles. The number of nitrogens with one attached hydrogen (secondary N) is 1. The van der Waals surface area contributed by atoms with Crippen LogP contribution in [0.1, 0.15) is 32.8 Å². The zero-order valence-corrected chi connectivity index (χ0v) is 10.7. The van der Waals surface area contributed by atoms with Crippen molar-refractivity contribution in [3.8, 4) is 0 Å². The van der Waals surface area contributed by atoms with E-state index < -0.39 is 0 Å². The lowest BCUT2D eigenvalue weighted by atomic mass is 9.90. The molecule has 90 valence electrons. The monoisotopic (exact) mass is 221 g/mol. The molecule has 0 aliphatic heterocycles. The molecule has 0 saturated carbocycles. The number of rotatable bonds is 5. The maximum Gasteiger partial charge on any atom is 0.129 e. The standard InChI is InChI=1S/C13H23N3/c1-10(2)8-13(4,9-14)16-12-11(3)6-5-7-15-12/h5-7,10H,8-9,14H2,1-4H3,(H,15,16). The minimum atomic E-state index is -0.0761. The lowest BCUT2D eigenvalue weighted by Crippen LogP contribution is -2.44. The van der Waals surface area contributed by atoms with Crippen LogP contribution in [0.15, 0.2) is 18.3 Å². The van der Waals surface area contributed by atoms with Crippen molar-refractivity contribution in [1.82, 2.24) is 4.98 Å². The fourth-order valence-electron chi connectivity index (χ4n) is 1.99. The van der Waals surface area contributed by atoms with Crippen LogP contribution < -0.4 is 11.1 Å². The summed E-state index contributed by atoms with van der Waals surface area (Å²) in [6.45, 7) is 9.24. The fraction of sp³-hybridized carbons (Fsp3) is 0.615. The van der Waals surface area contributed by atoms with Crippen molar-refractivity contribution in [2.45, 2.75) is 39.7 Å². The van der Waals surface area contributed by atoms with Crippen LogP contribution in [0.25, 0.3) is 0 Å². The van der Waals surface area contributed by atoms with E-state index in [9.17, 15) is 0 Å². The normalized spacial score (nSPS) is 14.9. The number of hydrogen-bond acceptors (Lipinski definition) is 3. The van der Waals surface area contributed by atoms with E-state index in [1.165, 1.54) is 0 Å². The molecule has 1 aromatic rings. The predicted octanol–water partition coefficient (Wildman–Crippen LogP) is 2.57. The van der Waals surface area contributed by atoms with Crippen molar-refractivity contribution < 1.29 is 0 Å². The first-order valence-electron chi connectivity index (χ1n) is 5.87. The van der Waals surface area contributed by atoms with Crippen LogP contribution in [0.5, 0.6) is 0 Å². The molecule has 3 nitrogen and oxygen atoms in total. The Balaban J connectivity index is 2.81. The average molecular weight is 221 g/mol. The summed E-state index contributed by atoms with van der Waals surface area (Å²) in [5.74, 6) is 1.56. The molecular formula is C13H23N3. The molecule has 3 heteroatoms. The minimum Gasteiger partial charge on any atom is -0.363 e. The number of anilines is 1. The average Bonchev–Trinajstić information content (AvgIpc) is 2.20. The molecule has 3 N–H and O–H groups in total. The second kappa shape index (κ2) is 5.30. The highest BCUT2D eigenvalue weighted by molar-refractivity contribution is 5.45. The molecule has 0 aliphatic rings. The van der Waals surface area contributed by atoms with Gasteiger partial charge < -0.3 is 11.1 Å². The molecule has 1 atom stereocenters. The van der Waals surface area contributed by atoms with Crippen LogP contribution in [-0.2, 0) is 0 Å². The number of nitrogens with zero attached hydrogens (tertiary/aromatic N) is 1. The van der Waals surface area contributed by atoms with Gasteiger partial charge in [0.05, 0.1) is 0 Å². The molecule has 0 radical (unpaired) electrons. The Bertz CT molecular complexity index is 336. The van der Waals surface area contributed by atoms with Crippen LogP contribution >= 0.6 is 0 Å². The Morgan fingerprint density at radius 1 is 1.50 bits per heavy atom. The van der Waals surface area contributed by atoms with Crippen molar-refractivity contribution in [1.29, 1.82) is 0 Å². The molecular weight excluding hydrogens is 198 g/mol. The van der Waals surface area contributed by atoms with E-state index in [2.05, 4.69) is 44.1 Å². The zero-order valence-electron chi connectivity index (χ0n) is 10.7. The van der Waals surface area contributed by atoms with E-state index in [0.29, 0.717) is 12.5 Å². The fourth-order valence-corrected chi connectivity index (χ4v) is 1.99. The van der Waals surface area contributed by atoms with Gasteiger partial charge in [0.1, 0.15) is 5.82 Å². The van der Waals surface area contributed by atoms with Gasteiger partial charge in [0.15, 0.2) is 0 Å². The number of aryl methyl sites for hydroxylation is 1. The highest BCUT2D eigenvalue weighted by Gasteiger charge is 2.24. The number of pyridine rings is 1. The van der Waals surface area contributed by atoms with E-state index in [1.54, 1.807) is 0 Å². The largest absolute Gasteiger partial charge is 0.363 e. The molecule has 1 heterocycles. The van der Waals surface area contributed by atoms with E-state index >= 15 is 0 Å². The summed E-state index contributed by atoms with van der Waals surface area (Å²) in [5.41, 5.74) is 6.95. The van der Waals surface area contributed by atoms with Gasteiger partial charge in [0.2, 0.25) is 0 Å². The molecule has 0 fully saturated rings. The van der Waals surface area contributed by atoms with Crippen molar-refractivity contribution >= 4 is 5.82 Å². The van der Waals surface area contributed by atoms with Gasteiger partial charge in [0.25, 0.3) is 0 Å². The van der Waals surface area contributed by atoms with Gasteiger partial charge in [-0.1, -0.05) is 19.9 Å². The molecule has 1 rings (SSSR count). The molecule has 1 aromatic heterocycles. The smallest absolute Gasteiger partial charge is 0.129 e. The molecule has 0 bridgehead atoms. The summed E-state index contributed by atoms with van der Waals surface area (Å²) >= 11 is 0. The van der Waals surface area contributed by atoms with Crippen LogP contribution in [0.2, 0.25) is 0 Å². The van der Waals surface area contributed by atoms with Gasteiger partial charge in [-0.25, -0.2) is 4.98 Å². The summed E-state index contributed by atoms with van der Waals surface area (Å²) < 4.78 is 0. The third-order valence-electron chi connectivity index (χ3n) is 2.74. The molecule has 1 unspecified atom stereocenters. The van der Waals surface area contributed by atoms with E-state index in [0.717, 1.165) is 17.8 Å². The van der Waals surface area contributed by atoms with Gasteiger partial charge in [-0.2, -0.15) is 0 Å². The van der Waals surface area contributed by atoms with Crippen LogP contribution in [0.4, 0.5) is 5.82 Å². The third-order valence-corrected chi connectivity index (χ3v) is 2.74. The van der Waals surface area contributed by atoms with Gasteiger partial charge >= 0.3 is 0 Å². The minimum absolute atomic E-state index is 0.0761. The lowest BCUT2D eigenvalue weighted by Gasteiger charge is -2.32. The van der Waals surface area contributed by atoms with Crippen molar-refractivity contribution in [2.24, 2.45) is 11.7 Å². The summed E-state index contributed by atoms with van der Waals surface area (Å²) in [6.07, 6.45) is 2.85. The molecule has 0 saturated heterocycles. The van der Waals surface area contributed by atoms with Crippen molar-refractivity contribution in [3.05, 3.63) is 23.9 Å². The van der Waals surface area contributed by atoms with E-state index in [4.69, 9.17) is 5.73 Å². The van der Waals surface area contributed by atoms with Crippen molar-refractivity contribution in [2.75, 3.05) is 11.9 Å². The SMILES string of the molecule is Cc1cccnc1NC(C)(CN)CC(C)C. The summed E-state index contributed by atoms with van der Waals surface area (Å²) in [4.78, 5) is 4.35. The Morgan fingerprint density at radius 2 is 2.19 bits per heavy atom. The number of nitrogens with two attached hydrogens (primary N) is 1. The quantitative estimate of drug-likeness (QED) is 0.803. The highest BCUT2D eigenvalue weighted by Crippen LogP contribution is 2.22. The van der Waals surface area contributed by atoms with E-state index in [1.807, 2.05) is 12.3 Å². The summed E-state index contributed by atoms with van der Waals surface area (Å²) in [7, 11) is 0. The van der Waals surface area contributed by atoms with E-state index in [-0.39, 0.29) is 5.54 Å². The van der Waals surface area contributed by atoms with Crippen molar-refractivity contribution in [3.63, 3.8) is 0 Å². The Kier molecular flexibility index (Phi) is 4.30. The summed E-state index contributed by atoms with van der Waals surface area (Å²) in [5, 5.41) is 3.47. The first-order chi connectivity index (χ1) is 7.47. The highest BCUT2D eigenvalue weighted by atomic mass is 15.1. The second-order valence-corrected chi connectivity index (χ2v) is 5.16. The Morgan fingerprint density at radius 3 is 2.69 bits per heavy atom. The topological polar surface area (TPSA) is 50.9 Å². The third kappa shape index (κ3) is 3.49. The first kappa shape index (κ1) is 13.0. The van der Waals surface area contributed by atoms with Crippen LogP contribution in [0, 0.1) is 12.8 Å². The van der Waals surface area contributed by atoms with Crippen LogP contribution in [0.3, 0.4) is 0 Å². The van der Waals surface area contributed by atoms with Gasteiger partial charge in [-0.3, -0.25) is 0 Å². The number of aromatic nitrogens is 1. The second-order valence-electron chi connectivity index (χ2n) is 5.16. The number of hydrogen-bond donors (Lipinski definition) is 2. The maximum atomic E-state index is 5.86. The lowest BCUT2D eigenvalue weighted by molar-refractivity contribution is 0.406. The maximum absolute atomic E-state index is 5.86. The van der Waals surface area contributed by atoms with Gasteiger partial charge in [0, 0.05) is 18.3 Å².